The first-order valence-electron chi connectivity index (χ1n) is 15.3. The van der Waals surface area contributed by atoms with E-state index in [0.29, 0.717) is 4.32 Å². The predicted molar refractivity (Wildman–Crippen MR) is 168 cm³/mol. The highest BCUT2D eigenvalue weighted by atomic mass is 32.1. The van der Waals surface area contributed by atoms with Gasteiger partial charge in [0.1, 0.15) is 4.32 Å². The number of rotatable bonds is 29. The number of thiocarbonyl (C=S) groups is 1. The molecule has 0 saturated carbocycles. The van der Waals surface area contributed by atoms with Gasteiger partial charge in [-0.1, -0.05) is 173 Å². The third kappa shape index (κ3) is 32.6. The predicted octanol–water partition coefficient (Wildman–Crippen LogP) is 11.3. The van der Waals surface area contributed by atoms with Crippen LogP contribution in [0, 0.1) is 0 Å². The Balaban J connectivity index is 3.01. The van der Waals surface area contributed by atoms with Gasteiger partial charge < -0.3 is 5.32 Å². The molecule has 0 unspecified atom stereocenters. The molecular formula is C30H61NS3. The summed E-state index contributed by atoms with van der Waals surface area (Å²) in [7, 11) is 0. The van der Waals surface area contributed by atoms with Crippen molar-refractivity contribution in [3.8, 4) is 0 Å². The van der Waals surface area contributed by atoms with Crippen molar-refractivity contribution >= 4 is 41.8 Å². The molecule has 0 saturated heterocycles. The van der Waals surface area contributed by atoms with Crippen LogP contribution >= 0.6 is 37.5 Å². The minimum absolute atomic E-state index is 0.628. The van der Waals surface area contributed by atoms with Gasteiger partial charge in [0.05, 0.1) is 0 Å². The molecule has 0 radical (unpaired) electrons. The van der Waals surface area contributed by atoms with Crippen LogP contribution in [0.2, 0.25) is 0 Å². The number of nitrogens with one attached hydrogen (secondary N) is 1. The van der Waals surface area contributed by atoms with Gasteiger partial charge >= 0.3 is 0 Å². The molecule has 1 N–H and O–H groups in total. The third-order valence-corrected chi connectivity index (χ3v) is 7.73. The highest BCUT2D eigenvalue weighted by Gasteiger charge is 1.97. The van der Waals surface area contributed by atoms with Crippen LogP contribution in [0.15, 0.2) is 0 Å². The van der Waals surface area contributed by atoms with Crippen molar-refractivity contribution < 1.29 is 0 Å². The lowest BCUT2D eigenvalue weighted by Crippen LogP contribution is -2.17. The Morgan fingerprint density at radius 3 is 0.794 bits per heavy atom. The quantitative estimate of drug-likeness (QED) is 0.0504. The molecule has 0 bridgehead atoms. The minimum atomic E-state index is 0.628. The molecule has 0 aliphatic heterocycles. The summed E-state index contributed by atoms with van der Waals surface area (Å²) in [6.45, 7) is 0.987. The van der Waals surface area contributed by atoms with Gasteiger partial charge in [-0.05, 0) is 18.6 Å². The summed E-state index contributed by atoms with van der Waals surface area (Å²) in [5.41, 5.74) is 0. The average Bonchev–Trinajstić information content (AvgIpc) is 2.83. The second-order valence-electron chi connectivity index (χ2n) is 10.5. The fourth-order valence-electron chi connectivity index (χ4n) is 4.85. The highest BCUT2D eigenvalue weighted by Crippen LogP contribution is 2.16. The molecule has 0 rings (SSSR count). The van der Waals surface area contributed by atoms with Gasteiger partial charge in [0.15, 0.2) is 0 Å². The van der Waals surface area contributed by atoms with Crippen molar-refractivity contribution in [3.63, 3.8) is 0 Å². The maximum absolute atomic E-state index is 4.89. The fraction of sp³-hybridized carbons (Fsp3) is 0.967. The fourth-order valence-corrected chi connectivity index (χ4v) is 5.29. The van der Waals surface area contributed by atoms with E-state index in [9.17, 15) is 0 Å². The molecule has 0 amide bonds. The van der Waals surface area contributed by atoms with E-state index in [1.807, 2.05) is 0 Å². The lowest BCUT2D eigenvalue weighted by Gasteiger charge is -2.05. The van der Waals surface area contributed by atoms with Crippen molar-refractivity contribution in [2.45, 2.75) is 173 Å². The summed E-state index contributed by atoms with van der Waals surface area (Å²) in [6, 6.07) is 0. The van der Waals surface area contributed by atoms with E-state index in [2.05, 4.69) is 30.6 Å². The topological polar surface area (TPSA) is 12.0 Å². The summed E-state index contributed by atoms with van der Waals surface area (Å²) in [5.74, 6) is 1.06. The smallest absolute Gasteiger partial charge is 0.130 e. The van der Waals surface area contributed by atoms with E-state index < -0.39 is 0 Å². The van der Waals surface area contributed by atoms with Crippen molar-refractivity contribution in [1.29, 1.82) is 0 Å². The van der Waals surface area contributed by atoms with Crippen LogP contribution in [0.4, 0.5) is 0 Å². The monoisotopic (exact) mass is 531 g/mol. The van der Waals surface area contributed by atoms with E-state index in [-0.39, 0.29) is 0 Å². The third-order valence-electron chi connectivity index (χ3n) is 7.11. The SMILES string of the molecule is S=C(S)NCCCCCCCCCCCCCCCCCCCCCCCCCCCCCS. The van der Waals surface area contributed by atoms with Crippen molar-refractivity contribution in [3.05, 3.63) is 0 Å². The van der Waals surface area contributed by atoms with Crippen LogP contribution in [0.25, 0.3) is 0 Å². The van der Waals surface area contributed by atoms with E-state index in [0.717, 1.165) is 12.3 Å². The molecule has 0 aliphatic carbocycles. The lowest BCUT2D eigenvalue weighted by molar-refractivity contribution is 0.514. The molecule has 0 fully saturated rings. The zero-order chi connectivity index (χ0) is 24.8. The molecule has 0 spiro atoms. The van der Waals surface area contributed by atoms with Crippen molar-refractivity contribution in [2.75, 3.05) is 12.3 Å². The van der Waals surface area contributed by atoms with Gasteiger partial charge in [0, 0.05) is 6.54 Å². The zero-order valence-corrected chi connectivity index (χ0v) is 25.4. The average molecular weight is 532 g/mol. The first kappa shape index (κ1) is 34.6. The molecule has 0 atom stereocenters. The highest BCUT2D eigenvalue weighted by molar-refractivity contribution is 8.11. The molecule has 34 heavy (non-hydrogen) atoms. The second-order valence-corrected chi connectivity index (χ2v) is 12.1. The number of hydrogen-bond donors (Lipinski definition) is 3. The molecule has 0 aromatic rings. The Hall–Kier alpha value is 0.590. The van der Waals surface area contributed by atoms with Gasteiger partial charge in [0.2, 0.25) is 0 Å². The summed E-state index contributed by atoms with van der Waals surface area (Å²) in [4.78, 5) is 0. The van der Waals surface area contributed by atoms with Gasteiger partial charge in [-0.25, -0.2) is 0 Å². The standard InChI is InChI=1S/C30H61NS3/c32-29-27-25-23-21-19-17-15-13-11-9-7-5-3-1-2-4-6-8-10-12-14-16-18-20-22-24-26-28-31-30(33)34/h32H,1-29H2,(H2,31,33,34). The van der Waals surface area contributed by atoms with Crippen LogP contribution in [0.3, 0.4) is 0 Å². The number of unbranched alkanes of at least 4 members (excludes halogenated alkanes) is 26. The molecule has 0 aliphatic rings. The summed E-state index contributed by atoms with van der Waals surface area (Å²) < 4.78 is 0.628. The Morgan fingerprint density at radius 1 is 0.382 bits per heavy atom. The molecule has 0 aromatic heterocycles. The maximum Gasteiger partial charge on any atom is 0.130 e. The van der Waals surface area contributed by atoms with E-state index in [1.54, 1.807) is 0 Å². The van der Waals surface area contributed by atoms with Crippen LogP contribution < -0.4 is 5.32 Å². The normalized spacial score (nSPS) is 11.2. The first-order valence-corrected chi connectivity index (χ1v) is 16.8. The van der Waals surface area contributed by atoms with Crippen LogP contribution in [-0.2, 0) is 0 Å². The first-order chi connectivity index (χ1) is 16.8. The molecule has 204 valence electrons. The van der Waals surface area contributed by atoms with Crippen molar-refractivity contribution in [1.82, 2.24) is 5.32 Å². The molecule has 1 nitrogen and oxygen atoms in total. The van der Waals surface area contributed by atoms with Crippen LogP contribution in [0.5, 0.6) is 0 Å². The largest absolute Gasteiger partial charge is 0.371 e. The Bertz CT molecular complexity index is 389. The zero-order valence-electron chi connectivity index (χ0n) is 22.8. The Labute approximate surface area is 232 Å². The molecular weight excluding hydrogens is 471 g/mol. The maximum atomic E-state index is 4.89. The summed E-state index contributed by atoms with van der Waals surface area (Å²) in [5, 5.41) is 3.11. The van der Waals surface area contributed by atoms with E-state index in [4.69, 9.17) is 12.2 Å². The second kappa shape index (κ2) is 31.6. The number of thiol groups is 2. The van der Waals surface area contributed by atoms with Crippen LogP contribution in [-0.4, -0.2) is 16.6 Å². The number of hydrogen-bond acceptors (Lipinski definition) is 2. The summed E-state index contributed by atoms with van der Waals surface area (Å²) in [6.07, 6.45) is 38.7. The van der Waals surface area contributed by atoms with Crippen LogP contribution in [0.1, 0.15) is 173 Å². The molecule has 0 heterocycles. The van der Waals surface area contributed by atoms with Gasteiger partial charge in [-0.15, -0.1) is 12.6 Å². The van der Waals surface area contributed by atoms with Gasteiger partial charge in [-0.2, -0.15) is 12.6 Å². The van der Waals surface area contributed by atoms with Crippen molar-refractivity contribution in [2.24, 2.45) is 0 Å². The molecule has 4 heteroatoms. The molecule has 0 aromatic carbocycles. The van der Waals surface area contributed by atoms with E-state index >= 15 is 0 Å². The van der Waals surface area contributed by atoms with Gasteiger partial charge in [0.25, 0.3) is 0 Å². The minimum Gasteiger partial charge on any atom is -0.371 e. The van der Waals surface area contributed by atoms with Gasteiger partial charge in [-0.3, -0.25) is 0 Å². The Morgan fingerprint density at radius 2 is 0.588 bits per heavy atom. The Kier molecular flexibility index (Phi) is 32.2. The van der Waals surface area contributed by atoms with E-state index in [1.165, 1.54) is 173 Å². The lowest BCUT2D eigenvalue weighted by atomic mass is 10.0. The summed E-state index contributed by atoms with van der Waals surface area (Å²) >= 11 is 13.3.